The monoisotopic (exact) mass is 524 g/mol. The van der Waals surface area contributed by atoms with Crippen LogP contribution in [0.1, 0.15) is 42.4 Å². The number of aromatic nitrogens is 1. The standard InChI is InChI=1S/C26H28N4O6S/c1-4-30-14-13-23-21(15-30)24(20-7-5-6-8-22(20)28-23)26(33)36-16(2)25(32)27-18-9-11-19(12-10-18)37(34,35)29-17(3)31/h5-12,16H,4,13-15H2,1-3H3,(H,27,32)(H,29,31). The van der Waals surface area contributed by atoms with Gasteiger partial charge in [-0.3, -0.25) is 19.5 Å². The van der Waals surface area contributed by atoms with Gasteiger partial charge in [-0.25, -0.2) is 17.9 Å². The largest absolute Gasteiger partial charge is 0.449 e. The number of pyridine rings is 1. The first-order valence-electron chi connectivity index (χ1n) is 11.9. The minimum absolute atomic E-state index is 0.129. The van der Waals surface area contributed by atoms with E-state index in [4.69, 9.17) is 9.72 Å². The lowest BCUT2D eigenvalue weighted by Gasteiger charge is -2.29. The minimum Gasteiger partial charge on any atom is -0.449 e. The smallest absolute Gasteiger partial charge is 0.339 e. The average Bonchev–Trinajstić information content (AvgIpc) is 2.86. The number of hydrogen-bond donors (Lipinski definition) is 2. The molecule has 0 spiro atoms. The third-order valence-corrected chi connectivity index (χ3v) is 7.59. The van der Waals surface area contributed by atoms with Gasteiger partial charge in [-0.15, -0.1) is 0 Å². The number of para-hydroxylation sites is 1. The van der Waals surface area contributed by atoms with Gasteiger partial charge in [0.2, 0.25) is 5.91 Å². The van der Waals surface area contributed by atoms with Gasteiger partial charge in [-0.2, -0.15) is 0 Å². The van der Waals surface area contributed by atoms with Crippen molar-refractivity contribution in [3.05, 3.63) is 65.4 Å². The summed E-state index contributed by atoms with van der Waals surface area (Å²) in [4.78, 5) is 44.1. The maximum absolute atomic E-state index is 13.4. The van der Waals surface area contributed by atoms with Gasteiger partial charge in [0.25, 0.3) is 15.9 Å². The quantitative estimate of drug-likeness (QED) is 0.451. The third-order valence-electron chi connectivity index (χ3n) is 6.14. The first-order valence-corrected chi connectivity index (χ1v) is 13.4. The summed E-state index contributed by atoms with van der Waals surface area (Å²) >= 11 is 0. The highest BCUT2D eigenvalue weighted by Crippen LogP contribution is 2.29. The van der Waals surface area contributed by atoms with Crippen molar-refractivity contribution in [3.8, 4) is 0 Å². The molecule has 0 bridgehead atoms. The number of sulfonamides is 1. The van der Waals surface area contributed by atoms with Gasteiger partial charge >= 0.3 is 5.97 Å². The van der Waals surface area contributed by atoms with E-state index in [0.29, 0.717) is 28.7 Å². The van der Waals surface area contributed by atoms with Crippen LogP contribution in [0.4, 0.5) is 5.69 Å². The van der Waals surface area contributed by atoms with E-state index < -0.39 is 33.9 Å². The molecule has 0 aliphatic carbocycles. The third kappa shape index (κ3) is 5.78. The van der Waals surface area contributed by atoms with Crippen LogP contribution in [0.5, 0.6) is 0 Å². The summed E-state index contributed by atoms with van der Waals surface area (Å²) in [6, 6.07) is 12.6. The number of rotatable bonds is 7. The van der Waals surface area contributed by atoms with E-state index >= 15 is 0 Å². The zero-order valence-corrected chi connectivity index (χ0v) is 21.6. The Kier molecular flexibility index (Phi) is 7.55. The molecule has 0 fully saturated rings. The minimum atomic E-state index is -3.99. The van der Waals surface area contributed by atoms with E-state index in [9.17, 15) is 22.8 Å². The normalized spacial score (nSPS) is 14.5. The van der Waals surface area contributed by atoms with E-state index in [0.717, 1.165) is 37.7 Å². The molecule has 4 rings (SSSR count). The van der Waals surface area contributed by atoms with Crippen LogP contribution < -0.4 is 10.0 Å². The van der Waals surface area contributed by atoms with E-state index in [2.05, 4.69) is 17.1 Å². The number of nitrogens with one attached hydrogen (secondary N) is 2. The fourth-order valence-corrected chi connectivity index (χ4v) is 5.22. The second-order valence-corrected chi connectivity index (χ2v) is 10.5. The Hall–Kier alpha value is -3.83. The number of anilines is 1. The van der Waals surface area contributed by atoms with Crippen LogP contribution >= 0.6 is 0 Å². The lowest BCUT2D eigenvalue weighted by Crippen LogP contribution is -2.34. The zero-order valence-electron chi connectivity index (χ0n) is 20.8. The van der Waals surface area contributed by atoms with E-state index in [1.54, 1.807) is 0 Å². The lowest BCUT2D eigenvalue weighted by molar-refractivity contribution is -0.123. The second kappa shape index (κ2) is 10.7. The molecule has 1 atom stereocenters. The van der Waals surface area contributed by atoms with Crippen molar-refractivity contribution in [1.29, 1.82) is 0 Å². The van der Waals surface area contributed by atoms with Gasteiger partial charge in [-0.1, -0.05) is 25.1 Å². The molecule has 0 radical (unpaired) electrons. The number of amides is 2. The molecule has 11 heteroatoms. The molecule has 10 nitrogen and oxygen atoms in total. The molecule has 0 saturated carbocycles. The highest BCUT2D eigenvalue weighted by Gasteiger charge is 2.28. The van der Waals surface area contributed by atoms with Crippen molar-refractivity contribution in [2.24, 2.45) is 0 Å². The van der Waals surface area contributed by atoms with Gasteiger partial charge in [0.15, 0.2) is 6.10 Å². The van der Waals surface area contributed by atoms with Crippen LogP contribution in [0.25, 0.3) is 10.9 Å². The number of ether oxygens (including phenoxy) is 1. The summed E-state index contributed by atoms with van der Waals surface area (Å²) in [5.41, 5.74) is 3.11. The van der Waals surface area contributed by atoms with Gasteiger partial charge in [0.05, 0.1) is 16.0 Å². The molecule has 1 aliphatic heterocycles. The van der Waals surface area contributed by atoms with E-state index in [1.165, 1.54) is 31.2 Å². The molecule has 2 amide bonds. The first-order chi connectivity index (χ1) is 17.6. The van der Waals surface area contributed by atoms with Crippen molar-refractivity contribution >= 4 is 44.4 Å². The van der Waals surface area contributed by atoms with Crippen LogP contribution in [0.3, 0.4) is 0 Å². The summed E-state index contributed by atoms with van der Waals surface area (Å²) in [5, 5.41) is 3.29. The number of likely N-dealkylation sites (N-methyl/N-ethyl adjacent to an activating group) is 1. The Morgan fingerprint density at radius 2 is 1.81 bits per heavy atom. The van der Waals surface area contributed by atoms with Crippen molar-refractivity contribution in [3.63, 3.8) is 0 Å². The number of fused-ring (bicyclic) bond motifs is 2. The lowest BCUT2D eigenvalue weighted by atomic mass is 9.95. The second-order valence-electron chi connectivity index (χ2n) is 8.77. The van der Waals surface area contributed by atoms with E-state index in [-0.39, 0.29) is 4.90 Å². The highest BCUT2D eigenvalue weighted by atomic mass is 32.2. The summed E-state index contributed by atoms with van der Waals surface area (Å²) in [5.74, 6) is -1.89. The van der Waals surface area contributed by atoms with Gasteiger partial charge in [0.1, 0.15) is 0 Å². The summed E-state index contributed by atoms with van der Waals surface area (Å²) in [6.07, 6.45) is -0.401. The molecule has 1 aliphatic rings. The number of esters is 1. The van der Waals surface area contributed by atoms with Crippen molar-refractivity contribution in [2.45, 2.75) is 44.7 Å². The summed E-state index contributed by atoms with van der Waals surface area (Å²) < 4.78 is 31.6. The Balaban J connectivity index is 1.52. The molecular weight excluding hydrogens is 496 g/mol. The Labute approximate surface area is 215 Å². The van der Waals surface area contributed by atoms with Crippen LogP contribution in [0, 0.1) is 0 Å². The summed E-state index contributed by atoms with van der Waals surface area (Å²) in [7, 11) is -3.99. The van der Waals surface area contributed by atoms with Crippen molar-refractivity contribution in [1.82, 2.24) is 14.6 Å². The number of hydrogen-bond acceptors (Lipinski definition) is 8. The molecular formula is C26H28N4O6S. The van der Waals surface area contributed by atoms with Gasteiger partial charge in [0, 0.05) is 48.8 Å². The van der Waals surface area contributed by atoms with Crippen molar-refractivity contribution in [2.75, 3.05) is 18.4 Å². The van der Waals surface area contributed by atoms with Crippen LogP contribution in [0.2, 0.25) is 0 Å². The first kappa shape index (κ1) is 26.2. The SMILES string of the molecule is CCN1CCc2nc3ccccc3c(C(=O)OC(C)C(=O)Nc3ccc(S(=O)(=O)NC(C)=O)cc3)c2C1. The maximum atomic E-state index is 13.4. The highest BCUT2D eigenvalue weighted by molar-refractivity contribution is 7.90. The average molecular weight is 525 g/mol. The molecule has 2 heterocycles. The molecule has 1 unspecified atom stereocenters. The Morgan fingerprint density at radius 1 is 1.11 bits per heavy atom. The number of nitrogens with zero attached hydrogens (tertiary/aromatic N) is 2. The van der Waals surface area contributed by atoms with Gasteiger partial charge < -0.3 is 10.1 Å². The number of carbonyl (C=O) groups is 3. The molecule has 37 heavy (non-hydrogen) atoms. The maximum Gasteiger partial charge on any atom is 0.339 e. The summed E-state index contributed by atoms with van der Waals surface area (Å²) in [6.45, 7) is 6.89. The molecule has 1 aromatic heterocycles. The fourth-order valence-electron chi connectivity index (χ4n) is 4.23. The van der Waals surface area contributed by atoms with Gasteiger partial charge in [-0.05, 0) is 43.8 Å². The Bertz CT molecular complexity index is 1470. The molecule has 194 valence electrons. The predicted octanol–water partition coefficient (Wildman–Crippen LogP) is 2.62. The fraction of sp³-hybridized carbons (Fsp3) is 0.308. The zero-order chi connectivity index (χ0) is 26.7. The van der Waals surface area contributed by atoms with Crippen LogP contribution in [-0.4, -0.2) is 55.3 Å². The van der Waals surface area contributed by atoms with E-state index in [1.807, 2.05) is 29.0 Å². The molecule has 0 saturated heterocycles. The van der Waals surface area contributed by atoms with Crippen LogP contribution in [0.15, 0.2) is 53.4 Å². The molecule has 3 aromatic rings. The van der Waals surface area contributed by atoms with Crippen molar-refractivity contribution < 1.29 is 27.5 Å². The molecule has 2 N–H and O–H groups in total. The number of benzene rings is 2. The Morgan fingerprint density at radius 3 is 2.49 bits per heavy atom. The van der Waals surface area contributed by atoms with Crippen LogP contribution in [-0.2, 0) is 37.3 Å². The number of carbonyl (C=O) groups excluding carboxylic acids is 3. The topological polar surface area (TPSA) is 135 Å². The predicted molar refractivity (Wildman–Crippen MR) is 137 cm³/mol. The molecule has 2 aromatic carbocycles.